The zero-order valence-corrected chi connectivity index (χ0v) is 23.6. The van der Waals surface area contributed by atoms with E-state index in [4.69, 9.17) is 10.5 Å². The maximum atomic E-state index is 15.2. The first-order chi connectivity index (χ1) is 20.0. The second-order valence-corrected chi connectivity index (χ2v) is 9.79. The van der Waals surface area contributed by atoms with E-state index < -0.39 is 11.6 Å². The molecule has 4 nitrogen and oxygen atoms in total. The first-order valence-corrected chi connectivity index (χ1v) is 14.0. The number of methoxy groups -OCH3 is 1. The molecule has 6 heteroatoms. The Kier molecular flexibility index (Phi) is 10.4. The van der Waals surface area contributed by atoms with Gasteiger partial charge >= 0.3 is 0 Å². The van der Waals surface area contributed by atoms with Crippen molar-refractivity contribution in [3.8, 4) is 5.75 Å². The van der Waals surface area contributed by atoms with Gasteiger partial charge in [-0.25, -0.2) is 4.39 Å². The van der Waals surface area contributed by atoms with Gasteiger partial charge in [-0.05, 0) is 91.3 Å². The summed E-state index contributed by atoms with van der Waals surface area (Å²) >= 11 is 0. The van der Waals surface area contributed by atoms with Crippen LogP contribution in [0.3, 0.4) is 0 Å². The van der Waals surface area contributed by atoms with Gasteiger partial charge in [-0.3, -0.25) is 4.79 Å². The third kappa shape index (κ3) is 7.10. The average Bonchev–Trinajstić information content (AvgIpc) is 3.09. The number of anilines is 1. The number of hydrogen-bond donors (Lipinski definition) is 2. The molecule has 0 atom stereocenters. The van der Waals surface area contributed by atoms with Crippen molar-refractivity contribution in [1.29, 1.82) is 0 Å². The maximum Gasteiger partial charge on any atom is 0.201 e. The summed E-state index contributed by atoms with van der Waals surface area (Å²) < 4.78 is 34.8. The van der Waals surface area contributed by atoms with E-state index in [1.165, 1.54) is 19.2 Å². The van der Waals surface area contributed by atoms with E-state index in [0.29, 0.717) is 18.5 Å². The summed E-state index contributed by atoms with van der Waals surface area (Å²) in [7, 11) is 1.31. The Bertz CT molecular complexity index is 1520. The van der Waals surface area contributed by atoms with Crippen molar-refractivity contribution in [3.05, 3.63) is 130 Å². The summed E-state index contributed by atoms with van der Waals surface area (Å²) in [5.41, 5.74) is 14.3. The normalized spacial score (nSPS) is 16.8. The van der Waals surface area contributed by atoms with Crippen LogP contribution in [0.25, 0.3) is 5.57 Å². The molecule has 2 aliphatic carbocycles. The predicted molar refractivity (Wildman–Crippen MR) is 163 cm³/mol. The number of carbonyl (C=O) groups excluding carboxylic acids is 1. The molecular formula is C35H36F2N2O2. The lowest BCUT2D eigenvalue weighted by atomic mass is 9.87. The summed E-state index contributed by atoms with van der Waals surface area (Å²) in [5, 5.41) is 3.52. The molecule has 0 spiro atoms. The van der Waals surface area contributed by atoms with Gasteiger partial charge in [0.05, 0.1) is 12.8 Å². The van der Waals surface area contributed by atoms with Gasteiger partial charge in [0.15, 0.2) is 17.3 Å². The molecule has 41 heavy (non-hydrogen) atoms. The lowest BCUT2D eigenvalue weighted by Crippen LogP contribution is -2.10. The topological polar surface area (TPSA) is 64.3 Å². The molecule has 2 aromatic rings. The first kappa shape index (κ1) is 29.7. The van der Waals surface area contributed by atoms with Crippen LogP contribution in [0, 0.1) is 11.6 Å². The van der Waals surface area contributed by atoms with E-state index in [1.54, 1.807) is 12.2 Å². The van der Waals surface area contributed by atoms with Gasteiger partial charge in [0, 0.05) is 35.4 Å². The molecule has 0 aliphatic heterocycles. The van der Waals surface area contributed by atoms with Gasteiger partial charge in [0.25, 0.3) is 0 Å². The summed E-state index contributed by atoms with van der Waals surface area (Å²) in [6.45, 7) is 2.55. The molecule has 0 bridgehead atoms. The van der Waals surface area contributed by atoms with Crippen molar-refractivity contribution in [1.82, 2.24) is 0 Å². The molecule has 0 amide bonds. The van der Waals surface area contributed by atoms with Crippen LogP contribution in [0.1, 0.15) is 60.5 Å². The van der Waals surface area contributed by atoms with Gasteiger partial charge in [-0.1, -0.05) is 43.4 Å². The Balaban J connectivity index is 1.61. The number of ether oxygens (including phenoxy) is 1. The van der Waals surface area contributed by atoms with Crippen LogP contribution in [0.15, 0.2) is 102 Å². The van der Waals surface area contributed by atoms with Crippen LogP contribution in [-0.4, -0.2) is 19.4 Å². The van der Waals surface area contributed by atoms with Crippen LogP contribution in [0.4, 0.5) is 14.5 Å². The Labute approximate surface area is 241 Å². The van der Waals surface area contributed by atoms with Gasteiger partial charge in [-0.15, -0.1) is 5.73 Å². The Hall–Kier alpha value is -4.25. The van der Waals surface area contributed by atoms with Crippen LogP contribution < -0.4 is 15.8 Å². The Morgan fingerprint density at radius 2 is 1.95 bits per heavy atom. The van der Waals surface area contributed by atoms with E-state index in [2.05, 4.69) is 17.1 Å². The molecule has 2 aromatic carbocycles. The van der Waals surface area contributed by atoms with E-state index in [9.17, 15) is 9.18 Å². The molecule has 0 saturated heterocycles. The highest BCUT2D eigenvalue weighted by atomic mass is 19.2. The van der Waals surface area contributed by atoms with Gasteiger partial charge in [0.2, 0.25) is 5.82 Å². The lowest BCUT2D eigenvalue weighted by Gasteiger charge is -2.21. The van der Waals surface area contributed by atoms with Crippen LogP contribution in [-0.2, 0) is 6.42 Å². The van der Waals surface area contributed by atoms with Crippen molar-refractivity contribution in [2.75, 3.05) is 19.0 Å². The van der Waals surface area contributed by atoms with Crippen LogP contribution in [0.2, 0.25) is 0 Å². The number of carbonyl (C=O) groups is 1. The highest BCUT2D eigenvalue weighted by Gasteiger charge is 2.24. The molecule has 0 unspecified atom stereocenters. The first-order valence-electron chi connectivity index (χ1n) is 14.0. The smallest absolute Gasteiger partial charge is 0.201 e. The summed E-state index contributed by atoms with van der Waals surface area (Å²) in [6, 6.07) is 8.78. The minimum absolute atomic E-state index is 0.133. The quantitative estimate of drug-likeness (QED) is 0.127. The molecule has 3 N–H and O–H groups in total. The number of allylic oxidation sites excluding steroid dienone is 8. The number of rotatable bonds is 11. The van der Waals surface area contributed by atoms with E-state index >= 15 is 4.39 Å². The molecule has 0 fully saturated rings. The summed E-state index contributed by atoms with van der Waals surface area (Å²) in [4.78, 5) is 12.9. The van der Waals surface area contributed by atoms with Gasteiger partial charge in [0.1, 0.15) is 0 Å². The third-order valence-corrected chi connectivity index (χ3v) is 7.09. The Morgan fingerprint density at radius 1 is 1.10 bits per heavy atom. The monoisotopic (exact) mass is 554 g/mol. The number of Topliss-reactive ketones (excluding diaryl/α,β-unsaturated/α-hetero) is 1. The fourth-order valence-corrected chi connectivity index (χ4v) is 4.96. The molecule has 212 valence electrons. The molecule has 0 heterocycles. The van der Waals surface area contributed by atoms with Crippen molar-refractivity contribution < 1.29 is 18.3 Å². The van der Waals surface area contributed by atoms with Gasteiger partial charge < -0.3 is 15.8 Å². The molecule has 0 saturated carbocycles. The zero-order chi connectivity index (χ0) is 29.2. The highest BCUT2D eigenvalue weighted by molar-refractivity contribution is 5.98. The van der Waals surface area contributed by atoms with E-state index in [-0.39, 0.29) is 17.1 Å². The van der Waals surface area contributed by atoms with Crippen LogP contribution in [0.5, 0.6) is 5.75 Å². The number of hydrogen-bond acceptors (Lipinski definition) is 4. The van der Waals surface area contributed by atoms with Gasteiger partial charge in [-0.2, -0.15) is 4.39 Å². The Morgan fingerprint density at radius 3 is 2.73 bits per heavy atom. The average molecular weight is 555 g/mol. The fraction of sp³-hybridized carbons (Fsp3) is 0.257. The van der Waals surface area contributed by atoms with Crippen molar-refractivity contribution in [2.45, 2.75) is 45.4 Å². The molecule has 0 radical (unpaired) electrons. The minimum atomic E-state index is -1.02. The number of nitrogens with one attached hydrogen (secondary N) is 1. The number of aryl methyl sites for hydroxylation is 1. The predicted octanol–water partition coefficient (Wildman–Crippen LogP) is 8.15. The molecule has 2 aliphatic rings. The number of halogens is 2. The number of unbranched alkanes of at least 4 members (excludes halogenated alkanes) is 1. The van der Waals surface area contributed by atoms with E-state index in [0.717, 1.165) is 65.8 Å². The number of nitrogens with two attached hydrogens (primary N) is 1. The van der Waals surface area contributed by atoms with Crippen molar-refractivity contribution >= 4 is 17.0 Å². The largest absolute Gasteiger partial charge is 0.494 e. The molecule has 4 rings (SSSR count). The second kappa shape index (κ2) is 14.4. The van der Waals surface area contributed by atoms with Crippen molar-refractivity contribution in [3.63, 3.8) is 0 Å². The SMILES string of the molecule is CCc1cc(N/C2=C/CC/C=C\C=C3C2=C=CC=C3c2ccc(OC)c(F)c2F)ccc1C(=O)CCC/C=C/CN. The molecular weight excluding hydrogens is 518 g/mol. The standard InChI is InChI=1S/C35H36F2N2O2/c1-3-24-23-25(18-19-26(24)32(40)17-10-6-7-11-22-38)39-31-16-9-5-4-8-13-27-28(14-12-15-29(27)31)30-20-21-33(41-2)35(37)34(30)36/h4,7-8,11-14,16,18-21,23,39H,3,5-6,9-10,17,22,38H2,1-2H3/b8-4-,11-7+,27-13?,31-16+. The lowest BCUT2D eigenvalue weighted by molar-refractivity contribution is 0.0979. The summed E-state index contributed by atoms with van der Waals surface area (Å²) in [6.07, 6.45) is 19.8. The highest BCUT2D eigenvalue weighted by Crippen LogP contribution is 2.38. The van der Waals surface area contributed by atoms with E-state index in [1.807, 2.05) is 55.5 Å². The number of ketones is 1. The van der Waals surface area contributed by atoms with Crippen molar-refractivity contribution in [2.24, 2.45) is 5.73 Å². The third-order valence-electron chi connectivity index (χ3n) is 7.09. The number of benzene rings is 2. The number of fused-ring (bicyclic) bond motifs is 1. The maximum absolute atomic E-state index is 15.2. The second-order valence-electron chi connectivity index (χ2n) is 9.79. The minimum Gasteiger partial charge on any atom is -0.494 e. The zero-order valence-electron chi connectivity index (χ0n) is 23.6. The van der Waals surface area contributed by atoms with Crippen LogP contribution >= 0.6 is 0 Å². The fourth-order valence-electron chi connectivity index (χ4n) is 4.96. The summed E-state index contributed by atoms with van der Waals surface area (Å²) in [5.74, 6) is -1.99. The molecule has 0 aromatic heterocycles.